The van der Waals surface area contributed by atoms with Gasteiger partial charge in [0.1, 0.15) is 0 Å². The third kappa shape index (κ3) is 4.97. The number of halogens is 2. The molecule has 2 rings (SSSR count). The molecule has 3 nitrogen and oxygen atoms in total. The predicted molar refractivity (Wildman–Crippen MR) is 85.5 cm³/mol. The van der Waals surface area contributed by atoms with Crippen LogP contribution in [-0.4, -0.2) is 18.5 Å². The standard InChI is InChI=1S/C15H21ClN2O.ClH/c1-2-14(11-5-3-6-12(16)9-11)18-15(19)10-13-7-4-8-17-13;/h3,5-6,9,13-14,17H,2,4,7-8,10H2,1H3,(H,18,19);1H. The van der Waals surface area contributed by atoms with Gasteiger partial charge in [-0.15, -0.1) is 12.4 Å². The summed E-state index contributed by atoms with van der Waals surface area (Å²) in [4.78, 5) is 12.0. The van der Waals surface area contributed by atoms with E-state index in [9.17, 15) is 4.79 Å². The van der Waals surface area contributed by atoms with Crippen molar-refractivity contribution in [1.29, 1.82) is 0 Å². The van der Waals surface area contributed by atoms with Gasteiger partial charge in [-0.05, 0) is 43.5 Å². The van der Waals surface area contributed by atoms with Gasteiger partial charge in [-0.3, -0.25) is 4.79 Å². The van der Waals surface area contributed by atoms with Crippen LogP contribution in [0.5, 0.6) is 0 Å². The molecule has 0 aromatic heterocycles. The van der Waals surface area contributed by atoms with E-state index in [1.807, 2.05) is 24.3 Å². The van der Waals surface area contributed by atoms with E-state index < -0.39 is 0 Å². The Morgan fingerprint density at radius 3 is 2.95 bits per heavy atom. The van der Waals surface area contributed by atoms with Crippen molar-refractivity contribution in [1.82, 2.24) is 10.6 Å². The zero-order valence-electron chi connectivity index (χ0n) is 11.7. The zero-order chi connectivity index (χ0) is 13.7. The zero-order valence-corrected chi connectivity index (χ0v) is 13.3. The molecule has 2 atom stereocenters. The summed E-state index contributed by atoms with van der Waals surface area (Å²) < 4.78 is 0. The van der Waals surface area contributed by atoms with Crippen LogP contribution in [0.15, 0.2) is 24.3 Å². The molecule has 0 spiro atoms. The summed E-state index contributed by atoms with van der Waals surface area (Å²) in [5.74, 6) is 0.117. The molecule has 1 aromatic rings. The van der Waals surface area contributed by atoms with Crippen LogP contribution in [0.1, 0.15) is 44.2 Å². The number of amides is 1. The van der Waals surface area contributed by atoms with Crippen LogP contribution in [0.4, 0.5) is 0 Å². The molecule has 2 N–H and O–H groups in total. The van der Waals surface area contributed by atoms with Crippen LogP contribution in [0, 0.1) is 0 Å². The van der Waals surface area contributed by atoms with Crippen LogP contribution < -0.4 is 10.6 Å². The summed E-state index contributed by atoms with van der Waals surface area (Å²) >= 11 is 6.00. The highest BCUT2D eigenvalue weighted by molar-refractivity contribution is 6.30. The van der Waals surface area contributed by atoms with Gasteiger partial charge in [-0.2, -0.15) is 0 Å². The van der Waals surface area contributed by atoms with Gasteiger partial charge in [0, 0.05) is 17.5 Å². The van der Waals surface area contributed by atoms with Crippen molar-refractivity contribution in [3.8, 4) is 0 Å². The summed E-state index contributed by atoms with van der Waals surface area (Å²) in [7, 11) is 0. The fraction of sp³-hybridized carbons (Fsp3) is 0.533. The van der Waals surface area contributed by atoms with Crippen molar-refractivity contribution >= 4 is 29.9 Å². The normalized spacial score (nSPS) is 19.2. The second-order valence-electron chi connectivity index (χ2n) is 5.08. The van der Waals surface area contributed by atoms with Crippen LogP contribution in [0.3, 0.4) is 0 Å². The van der Waals surface area contributed by atoms with E-state index in [2.05, 4.69) is 17.6 Å². The lowest BCUT2D eigenvalue weighted by atomic mass is 10.0. The maximum Gasteiger partial charge on any atom is 0.222 e. The second kappa shape index (κ2) is 8.50. The molecule has 1 saturated heterocycles. The highest BCUT2D eigenvalue weighted by Gasteiger charge is 2.19. The van der Waals surface area contributed by atoms with Crippen molar-refractivity contribution in [3.63, 3.8) is 0 Å². The van der Waals surface area contributed by atoms with Crippen molar-refractivity contribution in [2.24, 2.45) is 0 Å². The van der Waals surface area contributed by atoms with Crippen LogP contribution in [0.2, 0.25) is 5.02 Å². The van der Waals surface area contributed by atoms with Gasteiger partial charge in [-0.1, -0.05) is 30.7 Å². The topological polar surface area (TPSA) is 41.1 Å². The Labute approximate surface area is 131 Å². The largest absolute Gasteiger partial charge is 0.349 e. The van der Waals surface area contributed by atoms with E-state index in [0.717, 1.165) is 24.9 Å². The SMILES string of the molecule is CCC(NC(=O)CC1CCCN1)c1cccc(Cl)c1.Cl. The quantitative estimate of drug-likeness (QED) is 0.873. The lowest BCUT2D eigenvalue weighted by Crippen LogP contribution is -2.34. The van der Waals surface area contributed by atoms with Gasteiger partial charge in [0.25, 0.3) is 0 Å². The number of benzene rings is 1. The molecule has 1 aliphatic rings. The molecule has 0 saturated carbocycles. The van der Waals surface area contributed by atoms with Crippen LogP contribution in [0.25, 0.3) is 0 Å². The lowest BCUT2D eigenvalue weighted by Gasteiger charge is -2.19. The summed E-state index contributed by atoms with van der Waals surface area (Å²) in [6.45, 7) is 3.10. The molecular formula is C15H22Cl2N2O. The number of hydrogen-bond donors (Lipinski definition) is 2. The predicted octanol–water partition coefficient (Wildman–Crippen LogP) is 3.47. The molecule has 0 radical (unpaired) electrons. The number of carbonyl (C=O) groups is 1. The lowest BCUT2D eigenvalue weighted by molar-refractivity contribution is -0.122. The Morgan fingerprint density at radius 2 is 2.35 bits per heavy atom. The monoisotopic (exact) mass is 316 g/mol. The summed E-state index contributed by atoms with van der Waals surface area (Å²) in [6.07, 6.45) is 3.70. The minimum Gasteiger partial charge on any atom is -0.349 e. The highest BCUT2D eigenvalue weighted by Crippen LogP contribution is 2.20. The first kappa shape index (κ1) is 17.3. The van der Waals surface area contributed by atoms with E-state index in [4.69, 9.17) is 11.6 Å². The van der Waals surface area contributed by atoms with Crippen LogP contribution >= 0.6 is 24.0 Å². The first-order valence-electron chi connectivity index (χ1n) is 6.97. The Hall–Kier alpha value is -0.770. The van der Waals surface area contributed by atoms with E-state index in [-0.39, 0.29) is 24.4 Å². The fourth-order valence-electron chi connectivity index (χ4n) is 2.55. The van der Waals surface area contributed by atoms with Gasteiger partial charge in [0.2, 0.25) is 5.91 Å². The van der Waals surface area contributed by atoms with Crippen molar-refractivity contribution in [3.05, 3.63) is 34.9 Å². The molecular weight excluding hydrogens is 295 g/mol. The van der Waals surface area contributed by atoms with Gasteiger partial charge in [0.15, 0.2) is 0 Å². The number of rotatable bonds is 5. The highest BCUT2D eigenvalue weighted by atomic mass is 35.5. The van der Waals surface area contributed by atoms with Crippen molar-refractivity contribution in [2.45, 2.75) is 44.7 Å². The minimum absolute atomic E-state index is 0. The summed E-state index contributed by atoms with van der Waals surface area (Å²) in [6, 6.07) is 8.09. The third-order valence-electron chi connectivity index (χ3n) is 3.59. The van der Waals surface area contributed by atoms with Gasteiger partial charge >= 0.3 is 0 Å². The molecule has 2 unspecified atom stereocenters. The summed E-state index contributed by atoms with van der Waals surface area (Å²) in [5.41, 5.74) is 1.07. The smallest absolute Gasteiger partial charge is 0.222 e. The van der Waals surface area contributed by atoms with Crippen molar-refractivity contribution < 1.29 is 4.79 Å². The van der Waals surface area contributed by atoms with E-state index in [1.165, 1.54) is 6.42 Å². The Kier molecular flexibility index (Phi) is 7.35. The van der Waals surface area contributed by atoms with E-state index in [1.54, 1.807) is 0 Å². The minimum atomic E-state index is 0. The number of carbonyl (C=O) groups excluding carboxylic acids is 1. The first-order valence-corrected chi connectivity index (χ1v) is 7.35. The Balaban J connectivity index is 0.00000200. The Bertz CT molecular complexity index is 434. The molecule has 112 valence electrons. The number of hydrogen-bond acceptors (Lipinski definition) is 2. The van der Waals surface area contributed by atoms with Gasteiger partial charge in [0.05, 0.1) is 6.04 Å². The molecule has 1 aromatic carbocycles. The molecule has 1 aliphatic heterocycles. The van der Waals surface area contributed by atoms with Gasteiger partial charge < -0.3 is 10.6 Å². The third-order valence-corrected chi connectivity index (χ3v) is 3.82. The van der Waals surface area contributed by atoms with Crippen LogP contribution in [-0.2, 0) is 4.79 Å². The fourth-order valence-corrected chi connectivity index (χ4v) is 2.75. The maximum absolute atomic E-state index is 12.0. The molecule has 1 amide bonds. The van der Waals surface area contributed by atoms with Gasteiger partial charge in [-0.25, -0.2) is 0 Å². The van der Waals surface area contributed by atoms with Crippen molar-refractivity contribution in [2.75, 3.05) is 6.54 Å². The van der Waals surface area contributed by atoms with E-state index in [0.29, 0.717) is 17.5 Å². The number of nitrogens with one attached hydrogen (secondary N) is 2. The van der Waals surface area contributed by atoms with E-state index >= 15 is 0 Å². The molecule has 20 heavy (non-hydrogen) atoms. The molecule has 5 heteroatoms. The maximum atomic E-state index is 12.0. The summed E-state index contributed by atoms with van der Waals surface area (Å²) in [5, 5.41) is 7.16. The Morgan fingerprint density at radius 1 is 1.55 bits per heavy atom. The molecule has 1 heterocycles. The molecule has 0 bridgehead atoms. The molecule has 0 aliphatic carbocycles. The average Bonchev–Trinajstić information content (AvgIpc) is 2.88. The second-order valence-corrected chi connectivity index (χ2v) is 5.52. The first-order chi connectivity index (χ1) is 9.19. The average molecular weight is 317 g/mol. The molecule has 1 fully saturated rings.